The molecule has 0 radical (unpaired) electrons. The van der Waals surface area contributed by atoms with E-state index in [0.717, 1.165) is 15.6 Å². The summed E-state index contributed by atoms with van der Waals surface area (Å²) in [6.45, 7) is 3.45. The van der Waals surface area contributed by atoms with E-state index < -0.39 is 10.8 Å². The van der Waals surface area contributed by atoms with Gasteiger partial charge in [-0.1, -0.05) is 12.1 Å². The Bertz CT molecular complexity index is 762. The highest BCUT2D eigenvalue weighted by atomic mass is 79.9. The van der Waals surface area contributed by atoms with Crippen LogP contribution in [0.5, 0.6) is 5.75 Å². The summed E-state index contributed by atoms with van der Waals surface area (Å²) >= 11 is 3.36. The number of amides is 1. The topological polar surface area (TPSA) is 81.5 Å². The number of nitro groups is 1. The van der Waals surface area contributed by atoms with Crippen molar-refractivity contribution in [1.29, 1.82) is 0 Å². The van der Waals surface area contributed by atoms with Crippen LogP contribution in [0.25, 0.3) is 0 Å². The maximum Gasteiger partial charge on any atom is 0.293 e. The molecule has 0 atom stereocenters. The maximum absolute atomic E-state index is 11.9. The van der Waals surface area contributed by atoms with Gasteiger partial charge < -0.3 is 10.1 Å². The molecule has 2 aromatic carbocycles. The minimum atomic E-state index is -0.528. The molecule has 23 heavy (non-hydrogen) atoms. The van der Waals surface area contributed by atoms with Crippen LogP contribution in [0.15, 0.2) is 40.9 Å². The van der Waals surface area contributed by atoms with Gasteiger partial charge in [-0.05, 0) is 59.1 Å². The molecule has 2 rings (SSSR count). The van der Waals surface area contributed by atoms with Crippen LogP contribution in [0, 0.1) is 24.0 Å². The molecule has 0 aromatic heterocycles. The second-order valence-corrected chi connectivity index (χ2v) is 5.90. The number of hydrogen-bond acceptors (Lipinski definition) is 4. The number of nitrogens with one attached hydrogen (secondary N) is 1. The third-order valence-electron chi connectivity index (χ3n) is 3.07. The van der Waals surface area contributed by atoms with Crippen molar-refractivity contribution in [3.63, 3.8) is 0 Å². The Morgan fingerprint density at radius 3 is 2.52 bits per heavy atom. The molecule has 7 heteroatoms. The van der Waals surface area contributed by atoms with Crippen LogP contribution < -0.4 is 10.1 Å². The number of carbonyl (C=O) groups excluding carboxylic acids is 1. The highest BCUT2D eigenvalue weighted by Crippen LogP contribution is 2.27. The third-order valence-corrected chi connectivity index (χ3v) is 3.69. The molecule has 120 valence electrons. The Morgan fingerprint density at radius 2 is 1.87 bits per heavy atom. The number of ether oxygens (including phenoxy) is 1. The predicted molar refractivity (Wildman–Crippen MR) is 90.8 cm³/mol. The Hall–Kier alpha value is -2.41. The maximum atomic E-state index is 11.9. The summed E-state index contributed by atoms with van der Waals surface area (Å²) < 4.78 is 6.16. The fourth-order valence-electron chi connectivity index (χ4n) is 1.95. The van der Waals surface area contributed by atoms with Gasteiger partial charge in [0.05, 0.1) is 9.40 Å². The summed E-state index contributed by atoms with van der Waals surface area (Å²) in [5.74, 6) is 0.0635. The zero-order chi connectivity index (χ0) is 17.0. The number of nitrogens with zero attached hydrogens (tertiary/aromatic N) is 1. The number of hydrogen-bond donors (Lipinski definition) is 1. The van der Waals surface area contributed by atoms with Crippen molar-refractivity contribution in [3.8, 4) is 5.75 Å². The number of halogens is 1. The van der Waals surface area contributed by atoms with E-state index in [-0.39, 0.29) is 18.0 Å². The van der Waals surface area contributed by atoms with Gasteiger partial charge in [-0.2, -0.15) is 0 Å². The van der Waals surface area contributed by atoms with Crippen LogP contribution >= 0.6 is 15.9 Å². The highest BCUT2D eigenvalue weighted by Gasteiger charge is 2.16. The van der Waals surface area contributed by atoms with Gasteiger partial charge >= 0.3 is 0 Å². The first-order valence-corrected chi connectivity index (χ1v) is 7.60. The summed E-state index contributed by atoms with van der Waals surface area (Å²) in [6.07, 6.45) is 0. The van der Waals surface area contributed by atoms with E-state index in [9.17, 15) is 14.9 Å². The first-order valence-electron chi connectivity index (χ1n) is 6.80. The minimum Gasteiger partial charge on any atom is -0.483 e. The standard InChI is InChI=1S/C16H15BrN2O4/c1-10-4-6-15(12(17)7-10)23-9-16(20)18-13-5-3-11(2)8-14(13)19(21)22/h3-8H,9H2,1-2H3,(H,18,20). The van der Waals surface area contributed by atoms with Crippen molar-refractivity contribution in [1.82, 2.24) is 0 Å². The fourth-order valence-corrected chi connectivity index (χ4v) is 2.56. The molecule has 0 fully saturated rings. The number of aryl methyl sites for hydroxylation is 2. The lowest BCUT2D eigenvalue weighted by molar-refractivity contribution is -0.384. The monoisotopic (exact) mass is 378 g/mol. The number of carbonyl (C=O) groups is 1. The zero-order valence-corrected chi connectivity index (χ0v) is 14.2. The quantitative estimate of drug-likeness (QED) is 0.629. The smallest absolute Gasteiger partial charge is 0.293 e. The summed E-state index contributed by atoms with van der Waals surface area (Å²) in [4.78, 5) is 22.5. The van der Waals surface area contributed by atoms with Crippen molar-refractivity contribution in [2.75, 3.05) is 11.9 Å². The molecule has 1 N–H and O–H groups in total. The Labute approximate surface area is 141 Å². The second-order valence-electron chi connectivity index (χ2n) is 5.05. The number of anilines is 1. The number of rotatable bonds is 5. The van der Waals surface area contributed by atoms with Gasteiger partial charge in [-0.3, -0.25) is 14.9 Å². The van der Waals surface area contributed by atoms with E-state index in [2.05, 4.69) is 21.2 Å². The summed E-state index contributed by atoms with van der Waals surface area (Å²) in [5, 5.41) is 13.5. The average Bonchev–Trinajstić information content (AvgIpc) is 2.48. The molecule has 0 spiro atoms. The summed E-state index contributed by atoms with van der Waals surface area (Å²) in [6, 6.07) is 10.1. The first-order chi connectivity index (χ1) is 10.9. The molecule has 0 saturated heterocycles. The van der Waals surface area contributed by atoms with E-state index in [1.54, 1.807) is 19.1 Å². The molecule has 0 bridgehead atoms. The van der Waals surface area contributed by atoms with Crippen molar-refractivity contribution in [3.05, 3.63) is 62.1 Å². The predicted octanol–water partition coefficient (Wildman–Crippen LogP) is 3.99. The van der Waals surface area contributed by atoms with Gasteiger partial charge in [-0.25, -0.2) is 0 Å². The average molecular weight is 379 g/mol. The molecule has 1 amide bonds. The zero-order valence-electron chi connectivity index (χ0n) is 12.6. The van der Waals surface area contributed by atoms with E-state index in [0.29, 0.717) is 5.75 Å². The largest absolute Gasteiger partial charge is 0.483 e. The molecule has 0 aliphatic carbocycles. The fraction of sp³-hybridized carbons (Fsp3) is 0.188. The van der Waals surface area contributed by atoms with Gasteiger partial charge in [0.25, 0.3) is 11.6 Å². The van der Waals surface area contributed by atoms with Gasteiger partial charge in [0, 0.05) is 6.07 Å². The Balaban J connectivity index is 2.04. The van der Waals surface area contributed by atoms with Crippen LogP contribution in [0.3, 0.4) is 0 Å². The molecular weight excluding hydrogens is 364 g/mol. The summed E-state index contributed by atoms with van der Waals surface area (Å²) in [5.41, 5.74) is 1.81. The van der Waals surface area contributed by atoms with Crippen molar-refractivity contribution in [2.45, 2.75) is 13.8 Å². The normalized spacial score (nSPS) is 10.2. The van der Waals surface area contributed by atoms with Crippen molar-refractivity contribution >= 4 is 33.2 Å². The van der Waals surface area contributed by atoms with Gasteiger partial charge in [0.2, 0.25) is 0 Å². The molecule has 0 aliphatic rings. The summed E-state index contributed by atoms with van der Waals surface area (Å²) in [7, 11) is 0. The van der Waals surface area contributed by atoms with Crippen LogP contribution in [-0.4, -0.2) is 17.4 Å². The second kappa shape index (κ2) is 7.23. The third kappa shape index (κ3) is 4.53. The van der Waals surface area contributed by atoms with Gasteiger partial charge in [0.15, 0.2) is 6.61 Å². The molecule has 0 aliphatic heterocycles. The van der Waals surface area contributed by atoms with E-state index in [1.165, 1.54) is 12.1 Å². The van der Waals surface area contributed by atoms with Crippen LogP contribution in [0.1, 0.15) is 11.1 Å². The van der Waals surface area contributed by atoms with Gasteiger partial charge in [-0.15, -0.1) is 0 Å². The SMILES string of the molecule is Cc1ccc(OCC(=O)Nc2ccc(C)cc2[N+](=O)[O-])c(Br)c1. The van der Waals surface area contributed by atoms with Crippen molar-refractivity contribution < 1.29 is 14.5 Å². The van der Waals surface area contributed by atoms with E-state index >= 15 is 0 Å². The Morgan fingerprint density at radius 1 is 1.22 bits per heavy atom. The van der Waals surface area contributed by atoms with Crippen LogP contribution in [-0.2, 0) is 4.79 Å². The Kier molecular flexibility index (Phi) is 5.33. The van der Waals surface area contributed by atoms with Crippen LogP contribution in [0.4, 0.5) is 11.4 Å². The first kappa shape index (κ1) is 17.0. The molecule has 6 nitrogen and oxygen atoms in total. The lowest BCUT2D eigenvalue weighted by Gasteiger charge is -2.10. The lowest BCUT2D eigenvalue weighted by atomic mass is 10.2. The highest BCUT2D eigenvalue weighted by molar-refractivity contribution is 9.10. The number of benzene rings is 2. The molecule has 0 unspecified atom stereocenters. The molecule has 2 aromatic rings. The number of nitro benzene ring substituents is 1. The molecule has 0 saturated carbocycles. The molecular formula is C16H15BrN2O4. The van der Waals surface area contributed by atoms with E-state index in [1.807, 2.05) is 19.1 Å². The lowest BCUT2D eigenvalue weighted by Crippen LogP contribution is -2.20. The molecule has 0 heterocycles. The van der Waals surface area contributed by atoms with Crippen LogP contribution in [0.2, 0.25) is 0 Å². The van der Waals surface area contributed by atoms with Gasteiger partial charge in [0.1, 0.15) is 11.4 Å². The minimum absolute atomic E-state index is 0.144. The van der Waals surface area contributed by atoms with E-state index in [4.69, 9.17) is 4.74 Å². The van der Waals surface area contributed by atoms with Crippen molar-refractivity contribution in [2.24, 2.45) is 0 Å².